The Labute approximate surface area is 112 Å². The standard InChI is InChI=1S/C13H26N2O.ClH/c1-2-13-11-15(8-3-9-16-13)10-12-4-6-14-7-5-12;/h12-14H,2-11H2,1H3;1H. The Morgan fingerprint density at radius 1 is 1.29 bits per heavy atom. The molecule has 0 bridgehead atoms. The second-order valence-corrected chi connectivity index (χ2v) is 5.21. The van der Waals surface area contributed by atoms with Gasteiger partial charge in [0.15, 0.2) is 0 Å². The minimum Gasteiger partial charge on any atom is -0.377 e. The average molecular weight is 263 g/mol. The molecule has 102 valence electrons. The van der Waals surface area contributed by atoms with Crippen molar-refractivity contribution in [2.24, 2.45) is 5.92 Å². The van der Waals surface area contributed by atoms with E-state index in [1.807, 2.05) is 0 Å². The Morgan fingerprint density at radius 3 is 2.76 bits per heavy atom. The summed E-state index contributed by atoms with van der Waals surface area (Å²) in [6, 6.07) is 0. The second kappa shape index (κ2) is 8.30. The lowest BCUT2D eigenvalue weighted by atomic mass is 9.97. The molecular formula is C13H27ClN2O. The minimum atomic E-state index is 0. The van der Waals surface area contributed by atoms with Crippen molar-refractivity contribution in [3.05, 3.63) is 0 Å². The van der Waals surface area contributed by atoms with Crippen LogP contribution >= 0.6 is 12.4 Å². The molecule has 2 aliphatic rings. The first kappa shape index (κ1) is 15.2. The van der Waals surface area contributed by atoms with Crippen molar-refractivity contribution in [3.63, 3.8) is 0 Å². The summed E-state index contributed by atoms with van der Waals surface area (Å²) in [4.78, 5) is 2.64. The van der Waals surface area contributed by atoms with Gasteiger partial charge < -0.3 is 15.0 Å². The summed E-state index contributed by atoms with van der Waals surface area (Å²) in [5, 5.41) is 3.44. The number of hydrogen-bond acceptors (Lipinski definition) is 3. The molecule has 1 unspecified atom stereocenters. The first-order valence-corrected chi connectivity index (χ1v) is 6.93. The van der Waals surface area contributed by atoms with E-state index in [9.17, 15) is 0 Å². The van der Waals surface area contributed by atoms with E-state index >= 15 is 0 Å². The van der Waals surface area contributed by atoms with Gasteiger partial charge in [-0.15, -0.1) is 12.4 Å². The van der Waals surface area contributed by atoms with E-state index in [0.29, 0.717) is 6.10 Å². The fourth-order valence-electron chi connectivity index (χ4n) is 2.81. The molecule has 0 aromatic rings. The van der Waals surface area contributed by atoms with Crippen molar-refractivity contribution >= 4 is 12.4 Å². The van der Waals surface area contributed by atoms with Crippen molar-refractivity contribution in [1.82, 2.24) is 10.2 Å². The maximum absolute atomic E-state index is 5.82. The smallest absolute Gasteiger partial charge is 0.0699 e. The summed E-state index contributed by atoms with van der Waals surface area (Å²) in [7, 11) is 0. The molecule has 0 spiro atoms. The Kier molecular flexibility index (Phi) is 7.44. The van der Waals surface area contributed by atoms with E-state index in [-0.39, 0.29) is 12.4 Å². The monoisotopic (exact) mass is 262 g/mol. The van der Waals surface area contributed by atoms with Crippen molar-refractivity contribution < 1.29 is 4.74 Å². The van der Waals surface area contributed by atoms with Crippen LogP contribution in [0.1, 0.15) is 32.6 Å². The van der Waals surface area contributed by atoms with Crippen LogP contribution in [-0.4, -0.2) is 50.3 Å². The van der Waals surface area contributed by atoms with Gasteiger partial charge >= 0.3 is 0 Å². The summed E-state index contributed by atoms with van der Waals surface area (Å²) in [5.41, 5.74) is 0. The SMILES string of the molecule is CCC1CN(CC2CCNCC2)CCCO1.Cl. The molecular weight excluding hydrogens is 236 g/mol. The molecule has 17 heavy (non-hydrogen) atoms. The first-order chi connectivity index (χ1) is 7.88. The molecule has 1 N–H and O–H groups in total. The molecule has 2 fully saturated rings. The number of rotatable bonds is 3. The third-order valence-electron chi connectivity index (χ3n) is 3.86. The predicted molar refractivity (Wildman–Crippen MR) is 73.9 cm³/mol. The van der Waals surface area contributed by atoms with Gasteiger partial charge in [-0.25, -0.2) is 0 Å². The van der Waals surface area contributed by atoms with Crippen molar-refractivity contribution in [3.8, 4) is 0 Å². The Hall–Kier alpha value is 0.170. The highest BCUT2D eigenvalue weighted by Gasteiger charge is 2.21. The molecule has 0 amide bonds. The molecule has 2 heterocycles. The van der Waals surface area contributed by atoms with Crippen LogP contribution in [0.5, 0.6) is 0 Å². The molecule has 2 saturated heterocycles. The molecule has 0 aliphatic carbocycles. The van der Waals surface area contributed by atoms with E-state index in [1.54, 1.807) is 0 Å². The van der Waals surface area contributed by atoms with E-state index < -0.39 is 0 Å². The van der Waals surface area contributed by atoms with Crippen molar-refractivity contribution in [2.45, 2.75) is 38.7 Å². The van der Waals surface area contributed by atoms with Gasteiger partial charge in [-0.05, 0) is 44.7 Å². The fraction of sp³-hybridized carbons (Fsp3) is 1.00. The van der Waals surface area contributed by atoms with Crippen molar-refractivity contribution in [2.75, 3.05) is 39.3 Å². The number of piperidine rings is 1. The highest BCUT2D eigenvalue weighted by Crippen LogP contribution is 2.16. The van der Waals surface area contributed by atoms with Gasteiger partial charge in [0.25, 0.3) is 0 Å². The highest BCUT2D eigenvalue weighted by molar-refractivity contribution is 5.85. The largest absolute Gasteiger partial charge is 0.377 e. The number of halogens is 1. The van der Waals surface area contributed by atoms with Gasteiger partial charge in [0, 0.05) is 26.2 Å². The fourth-order valence-corrected chi connectivity index (χ4v) is 2.81. The highest BCUT2D eigenvalue weighted by atomic mass is 35.5. The van der Waals surface area contributed by atoms with Gasteiger partial charge in [0.2, 0.25) is 0 Å². The zero-order chi connectivity index (χ0) is 11.2. The maximum Gasteiger partial charge on any atom is 0.0699 e. The molecule has 0 aromatic heterocycles. The molecule has 3 nitrogen and oxygen atoms in total. The van der Waals surface area contributed by atoms with Crippen LogP contribution in [0, 0.1) is 5.92 Å². The molecule has 0 radical (unpaired) electrons. The summed E-state index contributed by atoms with van der Waals surface area (Å²) < 4.78 is 5.82. The predicted octanol–water partition coefficient (Wildman–Crippen LogP) is 1.91. The van der Waals surface area contributed by atoms with Gasteiger partial charge in [0.1, 0.15) is 0 Å². The lowest BCUT2D eigenvalue weighted by Crippen LogP contribution is -2.39. The lowest BCUT2D eigenvalue weighted by molar-refractivity contribution is 0.0491. The third kappa shape index (κ3) is 5.12. The summed E-state index contributed by atoms with van der Waals surface area (Å²) in [6.07, 6.45) is 5.55. The van der Waals surface area contributed by atoms with E-state index in [2.05, 4.69) is 17.1 Å². The molecule has 1 atom stereocenters. The normalized spacial score (nSPS) is 28.4. The van der Waals surface area contributed by atoms with E-state index in [1.165, 1.54) is 45.4 Å². The Balaban J connectivity index is 0.00000144. The van der Waals surface area contributed by atoms with Gasteiger partial charge in [0.05, 0.1) is 6.10 Å². The minimum absolute atomic E-state index is 0. The van der Waals surface area contributed by atoms with Crippen LogP contribution in [0.15, 0.2) is 0 Å². The van der Waals surface area contributed by atoms with Crippen LogP contribution in [0.3, 0.4) is 0 Å². The summed E-state index contributed by atoms with van der Waals surface area (Å²) >= 11 is 0. The Morgan fingerprint density at radius 2 is 2.06 bits per heavy atom. The van der Waals surface area contributed by atoms with Crippen LogP contribution in [0.2, 0.25) is 0 Å². The maximum atomic E-state index is 5.82. The molecule has 2 rings (SSSR count). The number of hydrogen-bond donors (Lipinski definition) is 1. The second-order valence-electron chi connectivity index (χ2n) is 5.21. The van der Waals surface area contributed by atoms with E-state index in [0.717, 1.165) is 25.5 Å². The number of nitrogens with one attached hydrogen (secondary N) is 1. The average Bonchev–Trinajstić information content (AvgIpc) is 2.55. The number of nitrogens with zero attached hydrogens (tertiary/aromatic N) is 1. The molecule has 4 heteroatoms. The number of ether oxygens (including phenoxy) is 1. The topological polar surface area (TPSA) is 24.5 Å². The summed E-state index contributed by atoms with van der Waals surface area (Å²) in [6.45, 7) is 9.31. The zero-order valence-electron chi connectivity index (χ0n) is 11.0. The van der Waals surface area contributed by atoms with Crippen LogP contribution in [0.4, 0.5) is 0 Å². The summed E-state index contributed by atoms with van der Waals surface area (Å²) in [5.74, 6) is 0.914. The molecule has 0 aromatic carbocycles. The molecule has 0 saturated carbocycles. The van der Waals surface area contributed by atoms with Gasteiger partial charge in [-0.2, -0.15) is 0 Å². The quantitative estimate of drug-likeness (QED) is 0.841. The van der Waals surface area contributed by atoms with Crippen molar-refractivity contribution in [1.29, 1.82) is 0 Å². The lowest BCUT2D eigenvalue weighted by Gasteiger charge is -2.30. The van der Waals surface area contributed by atoms with Crippen LogP contribution in [-0.2, 0) is 4.74 Å². The van der Waals surface area contributed by atoms with E-state index in [4.69, 9.17) is 4.74 Å². The van der Waals surface area contributed by atoms with Crippen LogP contribution < -0.4 is 5.32 Å². The molecule has 2 aliphatic heterocycles. The van der Waals surface area contributed by atoms with Gasteiger partial charge in [-0.3, -0.25) is 0 Å². The first-order valence-electron chi connectivity index (χ1n) is 6.93. The van der Waals surface area contributed by atoms with Crippen LogP contribution in [0.25, 0.3) is 0 Å². The zero-order valence-corrected chi connectivity index (χ0v) is 11.8. The Bertz CT molecular complexity index is 198. The third-order valence-corrected chi connectivity index (χ3v) is 3.86. The van der Waals surface area contributed by atoms with Gasteiger partial charge in [-0.1, -0.05) is 6.92 Å².